The van der Waals surface area contributed by atoms with Crippen LogP contribution >= 0.6 is 10.9 Å². The number of carbonyl (C=O) groups excluding carboxylic acids is 1. The minimum Gasteiger partial charge on any atom is -0.496 e. The third-order valence-electron chi connectivity index (χ3n) is 2.83. The highest BCUT2D eigenvalue weighted by Crippen LogP contribution is 2.45. The minimum atomic E-state index is -0.471. The van der Waals surface area contributed by atoms with Gasteiger partial charge in [-0.1, -0.05) is 13.8 Å². The lowest BCUT2D eigenvalue weighted by atomic mass is 10.1. The van der Waals surface area contributed by atoms with E-state index in [1.807, 2.05) is 13.0 Å². The van der Waals surface area contributed by atoms with Crippen molar-refractivity contribution in [1.29, 1.82) is 0 Å². The zero-order chi connectivity index (χ0) is 12.1. The maximum absolute atomic E-state index is 11.4. The molecule has 0 aromatic carbocycles. The van der Waals surface area contributed by atoms with Gasteiger partial charge in [0.15, 0.2) is 0 Å². The normalized spacial score (nSPS) is 24.8. The third kappa shape index (κ3) is 2.80. The minimum absolute atomic E-state index is 0.196. The molecule has 0 aromatic heterocycles. The van der Waals surface area contributed by atoms with Crippen LogP contribution in [0.1, 0.15) is 20.3 Å². The fraction of sp³-hybridized carbons (Fsp3) is 0.545. The van der Waals surface area contributed by atoms with Gasteiger partial charge in [0.2, 0.25) is 5.91 Å². The molecule has 3 unspecified atom stereocenters. The van der Waals surface area contributed by atoms with E-state index in [-0.39, 0.29) is 17.1 Å². The van der Waals surface area contributed by atoms with Crippen molar-refractivity contribution < 1.29 is 14.7 Å². The third-order valence-corrected chi connectivity index (χ3v) is 5.45. The molecule has 1 rings (SSSR count). The van der Waals surface area contributed by atoms with Gasteiger partial charge in [0.25, 0.3) is 0 Å². The number of hydrogen-bond acceptors (Lipinski definition) is 3. The van der Waals surface area contributed by atoms with E-state index in [0.29, 0.717) is 0 Å². The summed E-state index contributed by atoms with van der Waals surface area (Å²) < 4.78 is 5.14. The number of nitrogens with one attached hydrogen (secondary N) is 1. The fourth-order valence-corrected chi connectivity index (χ4v) is 4.20. The second-order valence-electron chi connectivity index (χ2n) is 3.74. The molecule has 0 aliphatic carbocycles. The molecule has 1 heterocycles. The number of methoxy groups -OCH3 is 1. The number of allylic oxidation sites excluding steroid dienone is 1. The Morgan fingerprint density at radius 3 is 2.81 bits per heavy atom. The summed E-state index contributed by atoms with van der Waals surface area (Å²) in [7, 11) is 1.17. The SMILES string of the molecule is CCC(C(C)C(=O)NO)[SH]1C=CC(OC)=C1. The Bertz CT molecular complexity index is 314. The number of rotatable bonds is 5. The molecule has 0 saturated carbocycles. The van der Waals surface area contributed by atoms with E-state index in [4.69, 9.17) is 9.94 Å². The molecule has 0 fully saturated rings. The highest BCUT2D eigenvalue weighted by molar-refractivity contribution is 8.22. The van der Waals surface area contributed by atoms with Gasteiger partial charge in [-0.05, 0) is 23.3 Å². The second kappa shape index (κ2) is 5.96. The van der Waals surface area contributed by atoms with E-state index in [0.717, 1.165) is 12.2 Å². The predicted molar refractivity (Wildman–Crippen MR) is 66.4 cm³/mol. The second-order valence-corrected chi connectivity index (χ2v) is 5.85. The Hall–Kier alpha value is -0.940. The Kier molecular flexibility index (Phi) is 4.89. The summed E-state index contributed by atoms with van der Waals surface area (Å²) in [6, 6.07) is 0. The van der Waals surface area contributed by atoms with Gasteiger partial charge in [-0.3, -0.25) is 10.0 Å². The van der Waals surface area contributed by atoms with Crippen LogP contribution in [0.3, 0.4) is 0 Å². The molecule has 0 aromatic rings. The van der Waals surface area contributed by atoms with Crippen molar-refractivity contribution in [2.45, 2.75) is 25.5 Å². The highest BCUT2D eigenvalue weighted by atomic mass is 32.2. The van der Waals surface area contributed by atoms with Crippen molar-refractivity contribution in [3.8, 4) is 0 Å². The number of amides is 1. The van der Waals surface area contributed by atoms with Gasteiger partial charge in [-0.15, -0.1) is 0 Å². The van der Waals surface area contributed by atoms with Crippen LogP contribution in [0, 0.1) is 5.92 Å². The van der Waals surface area contributed by atoms with Crippen molar-refractivity contribution >= 4 is 16.8 Å². The van der Waals surface area contributed by atoms with E-state index in [1.54, 1.807) is 12.6 Å². The van der Waals surface area contributed by atoms with Crippen molar-refractivity contribution in [2.24, 2.45) is 5.92 Å². The van der Waals surface area contributed by atoms with Crippen molar-refractivity contribution in [1.82, 2.24) is 5.48 Å². The first-order valence-corrected chi connectivity index (χ1v) is 6.84. The van der Waals surface area contributed by atoms with Gasteiger partial charge in [0, 0.05) is 11.2 Å². The molecule has 1 aliphatic rings. The lowest BCUT2D eigenvalue weighted by molar-refractivity contribution is -0.132. The predicted octanol–water partition coefficient (Wildman–Crippen LogP) is 1.92. The molecule has 1 amide bonds. The summed E-state index contributed by atoms with van der Waals surface area (Å²) in [4.78, 5) is 11.4. The Balaban J connectivity index is 2.73. The van der Waals surface area contributed by atoms with Gasteiger partial charge in [-0.25, -0.2) is 16.4 Å². The summed E-state index contributed by atoms with van der Waals surface area (Å²) in [6.45, 7) is 3.90. The molecule has 3 atom stereocenters. The molecule has 4 nitrogen and oxygen atoms in total. The van der Waals surface area contributed by atoms with Crippen LogP contribution in [0.5, 0.6) is 0 Å². The van der Waals surface area contributed by atoms with Crippen LogP contribution in [-0.2, 0) is 9.53 Å². The van der Waals surface area contributed by atoms with Gasteiger partial charge < -0.3 is 4.74 Å². The van der Waals surface area contributed by atoms with E-state index < -0.39 is 10.9 Å². The van der Waals surface area contributed by atoms with Crippen LogP contribution in [0.2, 0.25) is 0 Å². The zero-order valence-electron chi connectivity index (χ0n) is 9.80. The lowest BCUT2D eigenvalue weighted by Gasteiger charge is -2.27. The summed E-state index contributed by atoms with van der Waals surface area (Å²) in [5, 5.41) is 13.1. The first-order valence-electron chi connectivity index (χ1n) is 5.29. The lowest BCUT2D eigenvalue weighted by Crippen LogP contribution is -2.33. The summed E-state index contributed by atoms with van der Waals surface area (Å²) in [5.74, 6) is 0.349. The van der Waals surface area contributed by atoms with Crippen molar-refractivity contribution in [3.63, 3.8) is 0 Å². The van der Waals surface area contributed by atoms with Crippen molar-refractivity contribution in [3.05, 3.63) is 22.7 Å². The van der Waals surface area contributed by atoms with Crippen LogP contribution < -0.4 is 5.48 Å². The number of ether oxygens (including phenoxy) is 1. The Labute approximate surface area is 98.7 Å². The molecular formula is C11H19NO3S. The van der Waals surface area contributed by atoms with E-state index in [1.165, 1.54) is 0 Å². The number of hydrogen-bond donors (Lipinski definition) is 3. The molecule has 92 valence electrons. The largest absolute Gasteiger partial charge is 0.496 e. The number of hydroxylamine groups is 1. The van der Waals surface area contributed by atoms with Crippen LogP contribution in [0.25, 0.3) is 0 Å². The Morgan fingerprint density at radius 1 is 1.69 bits per heavy atom. The zero-order valence-corrected chi connectivity index (χ0v) is 10.7. The molecule has 0 saturated heterocycles. The first kappa shape index (κ1) is 13.1. The van der Waals surface area contributed by atoms with Gasteiger partial charge in [-0.2, -0.15) is 0 Å². The molecule has 0 bridgehead atoms. The maximum Gasteiger partial charge on any atom is 0.247 e. The maximum atomic E-state index is 11.4. The van der Waals surface area contributed by atoms with Gasteiger partial charge in [0.05, 0.1) is 7.11 Å². The Morgan fingerprint density at radius 2 is 2.38 bits per heavy atom. The van der Waals surface area contributed by atoms with E-state index in [9.17, 15) is 4.79 Å². The smallest absolute Gasteiger partial charge is 0.247 e. The fourth-order valence-electron chi connectivity index (χ4n) is 1.82. The molecule has 2 N–H and O–H groups in total. The van der Waals surface area contributed by atoms with Crippen LogP contribution in [0.15, 0.2) is 22.7 Å². The first-order chi connectivity index (χ1) is 7.63. The summed E-state index contributed by atoms with van der Waals surface area (Å²) in [6.07, 6.45) is 2.84. The topological polar surface area (TPSA) is 58.6 Å². The van der Waals surface area contributed by atoms with Crippen LogP contribution in [-0.4, -0.2) is 23.5 Å². The van der Waals surface area contributed by atoms with Gasteiger partial charge in [0.1, 0.15) is 5.76 Å². The standard InChI is InChI=1S/C11H19NO3S/c1-4-10(8(2)11(13)12-14)16-6-5-9(7-16)15-3/h5-8,10,14,16H,4H2,1-3H3,(H,12,13). The average Bonchev–Trinajstić information content (AvgIpc) is 2.77. The summed E-state index contributed by atoms with van der Waals surface area (Å²) in [5.41, 5.74) is 1.72. The van der Waals surface area contributed by atoms with Gasteiger partial charge >= 0.3 is 0 Å². The molecule has 0 spiro atoms. The molecular weight excluding hydrogens is 226 g/mol. The molecule has 0 radical (unpaired) electrons. The average molecular weight is 245 g/mol. The summed E-state index contributed by atoms with van der Waals surface area (Å²) >= 11 is 0. The quantitative estimate of drug-likeness (QED) is 0.394. The van der Waals surface area contributed by atoms with Crippen molar-refractivity contribution in [2.75, 3.05) is 7.11 Å². The monoisotopic (exact) mass is 245 g/mol. The molecule has 5 heteroatoms. The molecule has 16 heavy (non-hydrogen) atoms. The van der Waals surface area contributed by atoms with Crippen LogP contribution in [0.4, 0.5) is 0 Å². The van der Waals surface area contributed by atoms with E-state index in [2.05, 4.69) is 17.7 Å². The number of thiol groups is 1. The molecule has 1 aliphatic heterocycles. The van der Waals surface area contributed by atoms with E-state index >= 15 is 0 Å². The number of carbonyl (C=O) groups is 1. The highest BCUT2D eigenvalue weighted by Gasteiger charge is 2.27.